The van der Waals surface area contributed by atoms with Crippen LogP contribution in [0.15, 0.2) is 12.1 Å². The SMILES string of the molecule is CCCCCCCCc1ccc(C(=O)O)c(O)c1O. The molecule has 1 aromatic rings. The van der Waals surface area contributed by atoms with Gasteiger partial charge in [0.25, 0.3) is 0 Å². The first-order valence-corrected chi connectivity index (χ1v) is 6.85. The van der Waals surface area contributed by atoms with Crippen molar-refractivity contribution < 1.29 is 20.1 Å². The number of aryl methyl sites for hydroxylation is 1. The summed E-state index contributed by atoms with van der Waals surface area (Å²) < 4.78 is 0. The number of carboxylic acids is 1. The number of rotatable bonds is 8. The highest BCUT2D eigenvalue weighted by atomic mass is 16.4. The normalized spacial score (nSPS) is 10.6. The van der Waals surface area contributed by atoms with E-state index in [2.05, 4.69) is 6.92 Å². The van der Waals surface area contributed by atoms with E-state index >= 15 is 0 Å². The molecule has 4 nitrogen and oxygen atoms in total. The Morgan fingerprint density at radius 1 is 1.00 bits per heavy atom. The molecule has 0 aliphatic carbocycles. The molecule has 106 valence electrons. The highest BCUT2D eigenvalue weighted by Gasteiger charge is 2.15. The maximum absolute atomic E-state index is 10.8. The minimum Gasteiger partial charge on any atom is -0.504 e. The van der Waals surface area contributed by atoms with E-state index in [1.54, 1.807) is 6.07 Å². The number of aromatic hydroxyl groups is 2. The summed E-state index contributed by atoms with van der Waals surface area (Å²) in [6.45, 7) is 2.17. The van der Waals surface area contributed by atoms with Crippen molar-refractivity contribution in [3.63, 3.8) is 0 Å². The third-order valence-corrected chi connectivity index (χ3v) is 3.26. The molecule has 0 bridgehead atoms. The average molecular weight is 266 g/mol. The minimum atomic E-state index is -1.24. The van der Waals surface area contributed by atoms with Crippen molar-refractivity contribution in [2.75, 3.05) is 0 Å². The van der Waals surface area contributed by atoms with Crippen LogP contribution in [0.25, 0.3) is 0 Å². The predicted molar refractivity (Wildman–Crippen MR) is 73.8 cm³/mol. The number of hydrogen-bond donors (Lipinski definition) is 3. The molecule has 3 N–H and O–H groups in total. The fourth-order valence-electron chi connectivity index (χ4n) is 2.09. The number of aromatic carboxylic acids is 1. The summed E-state index contributed by atoms with van der Waals surface area (Å²) in [5, 5.41) is 28.2. The molecule has 19 heavy (non-hydrogen) atoms. The van der Waals surface area contributed by atoms with Crippen molar-refractivity contribution >= 4 is 5.97 Å². The molecular formula is C15H22O4. The van der Waals surface area contributed by atoms with Crippen LogP contribution < -0.4 is 0 Å². The van der Waals surface area contributed by atoms with Crippen LogP contribution in [0.4, 0.5) is 0 Å². The first kappa shape index (κ1) is 15.3. The molecule has 1 rings (SSSR count). The van der Waals surface area contributed by atoms with Crippen LogP contribution in [0, 0.1) is 0 Å². The van der Waals surface area contributed by atoms with Crippen LogP contribution >= 0.6 is 0 Å². The smallest absolute Gasteiger partial charge is 0.339 e. The van der Waals surface area contributed by atoms with Crippen molar-refractivity contribution in [3.05, 3.63) is 23.3 Å². The van der Waals surface area contributed by atoms with E-state index in [0.29, 0.717) is 12.0 Å². The Bertz CT molecular complexity index is 426. The number of unbranched alkanes of at least 4 members (excludes halogenated alkanes) is 5. The first-order chi connectivity index (χ1) is 9.07. The number of benzene rings is 1. The third-order valence-electron chi connectivity index (χ3n) is 3.26. The standard InChI is InChI=1S/C15H22O4/c1-2-3-4-5-6-7-8-11-9-10-12(15(18)19)14(17)13(11)16/h9-10,16-17H,2-8H2,1H3,(H,18,19). The van der Waals surface area contributed by atoms with Gasteiger partial charge in [-0.15, -0.1) is 0 Å². The second-order valence-electron chi connectivity index (χ2n) is 4.79. The highest BCUT2D eigenvalue weighted by molar-refractivity contribution is 5.92. The fraction of sp³-hybridized carbons (Fsp3) is 0.533. The predicted octanol–water partition coefficient (Wildman–Crippen LogP) is 3.70. The van der Waals surface area contributed by atoms with Crippen LogP contribution in [0.3, 0.4) is 0 Å². The Morgan fingerprint density at radius 2 is 1.63 bits per heavy atom. The molecule has 1 aromatic carbocycles. The van der Waals surface area contributed by atoms with Gasteiger partial charge in [-0.25, -0.2) is 4.79 Å². The number of carboxylic acid groups (broad SMARTS) is 1. The summed E-state index contributed by atoms with van der Waals surface area (Å²) in [7, 11) is 0. The van der Waals surface area contributed by atoms with E-state index in [4.69, 9.17) is 5.11 Å². The quantitative estimate of drug-likeness (QED) is 0.495. The van der Waals surface area contributed by atoms with E-state index < -0.39 is 11.7 Å². The summed E-state index contributed by atoms with van der Waals surface area (Å²) in [4.78, 5) is 10.8. The van der Waals surface area contributed by atoms with Gasteiger partial charge >= 0.3 is 5.97 Å². The van der Waals surface area contributed by atoms with Gasteiger partial charge in [0.05, 0.1) is 0 Å². The van der Waals surface area contributed by atoms with E-state index in [0.717, 1.165) is 12.8 Å². The summed E-state index contributed by atoms with van der Waals surface area (Å²) in [6, 6.07) is 2.91. The first-order valence-electron chi connectivity index (χ1n) is 6.85. The van der Waals surface area contributed by atoms with Gasteiger partial charge in [-0.1, -0.05) is 45.1 Å². The van der Waals surface area contributed by atoms with Gasteiger partial charge in [-0.2, -0.15) is 0 Å². The Labute approximate surface area is 113 Å². The molecule has 0 aliphatic heterocycles. The Hall–Kier alpha value is -1.71. The molecule has 0 amide bonds. The average Bonchev–Trinajstić information content (AvgIpc) is 2.38. The molecule has 0 aromatic heterocycles. The van der Waals surface area contributed by atoms with Gasteiger partial charge in [-0.3, -0.25) is 0 Å². The molecule has 0 fully saturated rings. The third kappa shape index (κ3) is 4.47. The van der Waals surface area contributed by atoms with Gasteiger partial charge in [0.15, 0.2) is 11.5 Å². The van der Waals surface area contributed by atoms with Crippen LogP contribution in [0.2, 0.25) is 0 Å². The number of hydrogen-bond acceptors (Lipinski definition) is 3. The van der Waals surface area contributed by atoms with E-state index in [1.165, 1.54) is 31.7 Å². The van der Waals surface area contributed by atoms with Crippen molar-refractivity contribution in [2.24, 2.45) is 0 Å². The van der Waals surface area contributed by atoms with Crippen LogP contribution in [-0.2, 0) is 6.42 Å². The Balaban J connectivity index is 2.51. The molecule has 0 aliphatic rings. The number of phenols is 2. The second-order valence-corrected chi connectivity index (χ2v) is 4.79. The zero-order chi connectivity index (χ0) is 14.3. The molecule has 0 saturated heterocycles. The topological polar surface area (TPSA) is 77.8 Å². The summed E-state index contributed by atoms with van der Waals surface area (Å²) >= 11 is 0. The summed E-state index contributed by atoms with van der Waals surface area (Å²) in [6.07, 6.45) is 7.54. The lowest BCUT2D eigenvalue weighted by Gasteiger charge is -2.08. The molecule has 0 heterocycles. The molecule has 4 heteroatoms. The molecule has 0 atom stereocenters. The summed E-state index contributed by atoms with van der Waals surface area (Å²) in [5.74, 6) is -2.07. The van der Waals surface area contributed by atoms with Crippen LogP contribution in [0.1, 0.15) is 61.4 Å². The largest absolute Gasteiger partial charge is 0.504 e. The van der Waals surface area contributed by atoms with Crippen LogP contribution in [0.5, 0.6) is 11.5 Å². The zero-order valence-electron chi connectivity index (χ0n) is 11.4. The fourth-order valence-corrected chi connectivity index (χ4v) is 2.09. The lowest BCUT2D eigenvalue weighted by Crippen LogP contribution is -1.98. The molecule has 0 spiro atoms. The van der Waals surface area contributed by atoms with Crippen molar-refractivity contribution in [1.29, 1.82) is 0 Å². The Morgan fingerprint density at radius 3 is 2.26 bits per heavy atom. The molecule has 0 unspecified atom stereocenters. The molecule has 0 radical (unpaired) electrons. The lowest BCUT2D eigenvalue weighted by atomic mass is 10.0. The minimum absolute atomic E-state index is 0.260. The maximum atomic E-state index is 10.8. The second kappa shape index (κ2) is 7.67. The number of carbonyl (C=O) groups is 1. The van der Waals surface area contributed by atoms with Gasteiger partial charge in [0, 0.05) is 0 Å². The van der Waals surface area contributed by atoms with E-state index in [1.807, 2.05) is 0 Å². The van der Waals surface area contributed by atoms with Crippen molar-refractivity contribution in [1.82, 2.24) is 0 Å². The maximum Gasteiger partial charge on any atom is 0.339 e. The zero-order valence-corrected chi connectivity index (χ0v) is 11.4. The van der Waals surface area contributed by atoms with Gasteiger partial charge in [0.1, 0.15) is 5.56 Å². The molecule has 0 saturated carbocycles. The number of phenolic OH excluding ortho intramolecular Hbond substituents is 1. The van der Waals surface area contributed by atoms with Crippen molar-refractivity contribution in [3.8, 4) is 11.5 Å². The highest BCUT2D eigenvalue weighted by Crippen LogP contribution is 2.33. The molecular weight excluding hydrogens is 244 g/mol. The van der Waals surface area contributed by atoms with E-state index in [-0.39, 0.29) is 11.3 Å². The monoisotopic (exact) mass is 266 g/mol. The lowest BCUT2D eigenvalue weighted by molar-refractivity contribution is 0.0693. The Kier molecular flexibility index (Phi) is 6.19. The van der Waals surface area contributed by atoms with Gasteiger partial charge in [0.2, 0.25) is 0 Å². The van der Waals surface area contributed by atoms with Crippen LogP contribution in [-0.4, -0.2) is 21.3 Å². The summed E-state index contributed by atoms with van der Waals surface area (Å²) in [5.41, 5.74) is 0.349. The van der Waals surface area contributed by atoms with Gasteiger partial charge < -0.3 is 15.3 Å². The van der Waals surface area contributed by atoms with Gasteiger partial charge in [-0.05, 0) is 24.5 Å². The van der Waals surface area contributed by atoms with E-state index in [9.17, 15) is 15.0 Å². The van der Waals surface area contributed by atoms with Crippen molar-refractivity contribution in [2.45, 2.75) is 51.9 Å².